The lowest BCUT2D eigenvalue weighted by Gasteiger charge is -2.35. The van der Waals surface area contributed by atoms with Gasteiger partial charge in [-0.05, 0) is 74.3 Å². The van der Waals surface area contributed by atoms with E-state index < -0.39 is 8.07 Å². The zero-order chi connectivity index (χ0) is 34.1. The molecule has 0 radical (unpaired) electrons. The van der Waals surface area contributed by atoms with Crippen LogP contribution in [-0.2, 0) is 0 Å². The maximum Gasteiger partial charge on any atom is 0.211 e. The molecular formula is C45H28N4Si. The van der Waals surface area contributed by atoms with Gasteiger partial charge in [0.25, 0.3) is 0 Å². The van der Waals surface area contributed by atoms with E-state index in [-0.39, 0.29) is 0 Å². The van der Waals surface area contributed by atoms with Crippen LogP contribution in [0.3, 0.4) is 0 Å². The van der Waals surface area contributed by atoms with Crippen molar-refractivity contribution in [3.8, 4) is 29.0 Å². The van der Waals surface area contributed by atoms with Crippen LogP contribution in [0.1, 0.15) is 11.1 Å². The third-order valence-electron chi connectivity index (χ3n) is 9.64. The summed E-state index contributed by atoms with van der Waals surface area (Å²) < 4.78 is 2.10. The van der Waals surface area contributed by atoms with Gasteiger partial charge < -0.3 is 4.57 Å². The third kappa shape index (κ3) is 4.80. The van der Waals surface area contributed by atoms with E-state index in [1.165, 1.54) is 15.6 Å². The normalized spacial score (nSPS) is 11.1. The quantitative estimate of drug-likeness (QED) is 0.104. The first-order valence-electron chi connectivity index (χ1n) is 16.3. The van der Waals surface area contributed by atoms with Gasteiger partial charge in [0.1, 0.15) is 0 Å². The summed E-state index contributed by atoms with van der Waals surface area (Å²) >= 11 is 0. The van der Waals surface area contributed by atoms with E-state index in [9.17, 15) is 10.5 Å². The monoisotopic (exact) mass is 652 g/mol. The molecule has 0 saturated heterocycles. The smallest absolute Gasteiger partial charge is 0.211 e. The number of nitriles is 2. The summed E-state index contributed by atoms with van der Waals surface area (Å²) in [4.78, 5) is 4.00. The Morgan fingerprint density at radius 3 is 1.68 bits per heavy atom. The van der Waals surface area contributed by atoms with Gasteiger partial charge in [-0.3, -0.25) is 0 Å². The van der Waals surface area contributed by atoms with E-state index in [4.69, 9.17) is 6.57 Å². The fraction of sp³-hybridized carbons (Fsp3) is 0. The number of benzene rings is 7. The Bertz CT molecular complexity index is 2580. The van der Waals surface area contributed by atoms with Crippen molar-refractivity contribution in [3.63, 3.8) is 0 Å². The average molecular weight is 653 g/mol. The minimum atomic E-state index is -2.91. The van der Waals surface area contributed by atoms with E-state index in [0.717, 1.165) is 43.8 Å². The lowest BCUT2D eigenvalue weighted by atomic mass is 10.0. The molecule has 0 N–H and O–H groups in total. The maximum absolute atomic E-state index is 10.8. The Balaban J connectivity index is 1.32. The van der Waals surface area contributed by atoms with Gasteiger partial charge in [-0.25, -0.2) is 4.85 Å². The first kappa shape index (κ1) is 30.4. The molecule has 1 aromatic heterocycles. The molecule has 0 atom stereocenters. The van der Waals surface area contributed by atoms with E-state index in [2.05, 4.69) is 113 Å². The molecule has 8 aromatic rings. The highest BCUT2D eigenvalue weighted by molar-refractivity contribution is 7.20. The topological polar surface area (TPSA) is 56.9 Å². The minimum Gasteiger partial charge on any atom is -0.319 e. The molecule has 0 saturated carbocycles. The molecule has 232 valence electrons. The molecule has 5 heteroatoms. The second-order valence-corrected chi connectivity index (χ2v) is 16.0. The molecule has 50 heavy (non-hydrogen) atoms. The lowest BCUT2D eigenvalue weighted by molar-refractivity contribution is 1.19. The van der Waals surface area contributed by atoms with Crippen LogP contribution >= 0.6 is 0 Å². The number of para-hydroxylation sites is 1. The van der Waals surface area contributed by atoms with Crippen molar-refractivity contribution in [1.29, 1.82) is 10.5 Å². The van der Waals surface area contributed by atoms with Crippen molar-refractivity contribution in [2.45, 2.75) is 0 Å². The molecule has 4 nitrogen and oxygen atoms in total. The second kappa shape index (κ2) is 12.6. The molecule has 0 fully saturated rings. The number of aromatic nitrogens is 1. The molecule has 8 rings (SSSR count). The Kier molecular flexibility index (Phi) is 7.63. The summed E-state index contributed by atoms with van der Waals surface area (Å²) in [6.07, 6.45) is 0. The summed E-state index contributed by atoms with van der Waals surface area (Å²) in [7, 11) is -2.91. The molecule has 0 aliphatic heterocycles. The third-order valence-corrected chi connectivity index (χ3v) is 14.5. The van der Waals surface area contributed by atoms with Gasteiger partial charge in [0.2, 0.25) is 5.69 Å². The molecule has 0 aliphatic carbocycles. The van der Waals surface area contributed by atoms with E-state index >= 15 is 0 Å². The minimum absolute atomic E-state index is 0.499. The lowest BCUT2D eigenvalue weighted by Crippen LogP contribution is -2.75. The SMILES string of the molecule is [C-]#[N+]c1cc(-c2ccc([Si](c3ccccc3)(c3ccccc3)c3ccccc3)c(C#N)c2)ccc1-n1c2ccccc2c2cc(C#N)ccc21. The number of fused-ring (bicyclic) bond motifs is 3. The van der Waals surface area contributed by atoms with Gasteiger partial charge in [0, 0.05) is 10.8 Å². The summed E-state index contributed by atoms with van der Waals surface area (Å²) in [5, 5.41) is 27.0. The van der Waals surface area contributed by atoms with E-state index in [0.29, 0.717) is 16.8 Å². The second-order valence-electron chi connectivity index (χ2n) is 12.2. The highest BCUT2D eigenvalue weighted by Gasteiger charge is 2.43. The highest BCUT2D eigenvalue weighted by Crippen LogP contribution is 2.38. The van der Waals surface area contributed by atoms with Gasteiger partial charge in [-0.1, -0.05) is 127 Å². The molecular weight excluding hydrogens is 625 g/mol. The predicted molar refractivity (Wildman–Crippen MR) is 206 cm³/mol. The summed E-state index contributed by atoms with van der Waals surface area (Å²) in [6, 6.07) is 62.5. The average Bonchev–Trinajstić information content (AvgIpc) is 3.52. The summed E-state index contributed by atoms with van der Waals surface area (Å²) in [5.41, 5.74) is 6.12. The molecule has 0 aliphatic rings. The van der Waals surface area contributed by atoms with Crippen LogP contribution in [0.4, 0.5) is 5.69 Å². The van der Waals surface area contributed by atoms with Gasteiger partial charge in [0.05, 0.1) is 46.6 Å². The van der Waals surface area contributed by atoms with Crippen LogP contribution in [0.2, 0.25) is 0 Å². The fourth-order valence-electron chi connectivity index (χ4n) is 7.46. The first-order valence-corrected chi connectivity index (χ1v) is 18.3. The molecule has 0 bridgehead atoms. The molecule has 0 amide bonds. The van der Waals surface area contributed by atoms with Crippen molar-refractivity contribution in [2.75, 3.05) is 0 Å². The first-order chi connectivity index (χ1) is 24.7. The molecule has 1 heterocycles. The van der Waals surface area contributed by atoms with Crippen molar-refractivity contribution in [2.24, 2.45) is 0 Å². The fourth-order valence-corrected chi connectivity index (χ4v) is 12.3. The van der Waals surface area contributed by atoms with Crippen LogP contribution in [0.15, 0.2) is 170 Å². The van der Waals surface area contributed by atoms with Gasteiger partial charge >= 0.3 is 0 Å². The summed E-state index contributed by atoms with van der Waals surface area (Å²) in [5.74, 6) is 0. The number of hydrogen-bond donors (Lipinski definition) is 0. The van der Waals surface area contributed by atoms with Crippen molar-refractivity contribution in [1.82, 2.24) is 4.57 Å². The highest BCUT2D eigenvalue weighted by atomic mass is 28.3. The van der Waals surface area contributed by atoms with Gasteiger partial charge in [-0.2, -0.15) is 10.5 Å². The molecule has 0 spiro atoms. The van der Waals surface area contributed by atoms with Crippen LogP contribution in [0, 0.1) is 29.2 Å². The number of rotatable bonds is 6. The zero-order valence-corrected chi connectivity index (χ0v) is 28.0. The van der Waals surface area contributed by atoms with Crippen molar-refractivity contribution in [3.05, 3.63) is 192 Å². The predicted octanol–water partition coefficient (Wildman–Crippen LogP) is 8.12. The van der Waals surface area contributed by atoms with Gasteiger partial charge in [-0.15, -0.1) is 0 Å². The Morgan fingerprint density at radius 2 is 1.08 bits per heavy atom. The van der Waals surface area contributed by atoms with Crippen molar-refractivity contribution >= 4 is 56.3 Å². The van der Waals surface area contributed by atoms with Gasteiger partial charge in [0.15, 0.2) is 8.07 Å². The Hall–Kier alpha value is -6.97. The van der Waals surface area contributed by atoms with Crippen molar-refractivity contribution < 1.29 is 0 Å². The largest absolute Gasteiger partial charge is 0.319 e. The van der Waals surface area contributed by atoms with Crippen LogP contribution < -0.4 is 20.7 Å². The number of nitrogens with zero attached hydrogens (tertiary/aromatic N) is 4. The van der Waals surface area contributed by atoms with E-state index in [1.807, 2.05) is 78.9 Å². The van der Waals surface area contributed by atoms with Crippen LogP contribution in [-0.4, -0.2) is 12.6 Å². The van der Waals surface area contributed by atoms with E-state index in [1.54, 1.807) is 0 Å². The zero-order valence-electron chi connectivity index (χ0n) is 27.0. The van der Waals surface area contributed by atoms with Crippen LogP contribution in [0.25, 0.3) is 43.5 Å². The standard InChI is InChI=1S/C45H28N4Si/c1-48-41-29-34(22-25-44(41)49-42-20-12-11-19-39(42)40-27-32(30-46)21-24-43(40)49)33-23-26-45(35(28-33)31-47)50(36-13-5-2-6-14-36,37-15-7-3-8-16-37)38-17-9-4-10-18-38/h2-29H. The Labute approximate surface area is 291 Å². The maximum atomic E-state index is 10.8. The molecule has 7 aromatic carbocycles. The Morgan fingerprint density at radius 1 is 0.520 bits per heavy atom. The molecule has 0 unspecified atom stereocenters. The number of hydrogen-bond acceptors (Lipinski definition) is 2. The summed E-state index contributed by atoms with van der Waals surface area (Å²) in [6.45, 7) is 8.23. The van der Waals surface area contributed by atoms with Crippen LogP contribution in [0.5, 0.6) is 0 Å².